The van der Waals surface area contributed by atoms with Gasteiger partial charge in [0.1, 0.15) is 0 Å². The summed E-state index contributed by atoms with van der Waals surface area (Å²) in [4.78, 5) is 3.77. The van der Waals surface area contributed by atoms with Gasteiger partial charge in [0.25, 0.3) is 0 Å². The van der Waals surface area contributed by atoms with Gasteiger partial charge in [-0.25, -0.2) is 18.2 Å². The quantitative estimate of drug-likeness (QED) is 0.363. The van der Waals surface area contributed by atoms with E-state index in [2.05, 4.69) is 25.2 Å². The predicted octanol–water partition coefficient (Wildman–Crippen LogP) is 5.08. The molecule has 0 aliphatic heterocycles. The number of hydrogen-bond acceptors (Lipinski definition) is 6. The zero-order valence-electron chi connectivity index (χ0n) is 17.8. The molecule has 13 heteroatoms. The molecular formula is C21H22ClF3N6O2S. The van der Waals surface area contributed by atoms with E-state index in [9.17, 15) is 21.6 Å². The number of hydrogen-bond donors (Lipinski definition) is 4. The van der Waals surface area contributed by atoms with Crippen molar-refractivity contribution in [2.24, 2.45) is 0 Å². The minimum absolute atomic E-state index is 0.00530. The number of nitrogens with two attached hydrogens (primary N) is 1. The summed E-state index contributed by atoms with van der Waals surface area (Å²) >= 11 is 6.26. The fourth-order valence-electron chi connectivity index (χ4n) is 3.96. The molecule has 0 atom stereocenters. The largest absolute Gasteiger partial charge is 0.417 e. The standard InChI is InChI=1S/C21H22ClF3N6O2S/c22-17-11-14(27-20-28-19(26)29-30-20)10-16(21(23,24)25)18(17)12-6-8-15(9-7-12)34(32,33)31-13-4-2-1-3-5-13/h6-11,13,31H,1-5H2,(H4,26,27,28,29,30). The number of alkyl halides is 3. The number of nitrogen functional groups attached to an aromatic ring is 1. The smallest absolute Gasteiger partial charge is 0.368 e. The summed E-state index contributed by atoms with van der Waals surface area (Å²) in [6.45, 7) is 0. The minimum Gasteiger partial charge on any atom is -0.368 e. The van der Waals surface area contributed by atoms with E-state index in [4.69, 9.17) is 17.3 Å². The first-order valence-electron chi connectivity index (χ1n) is 10.5. The van der Waals surface area contributed by atoms with Gasteiger partial charge in [-0.2, -0.15) is 18.2 Å². The summed E-state index contributed by atoms with van der Waals surface area (Å²) in [5, 5.41) is 8.54. The Hall–Kier alpha value is -2.83. The number of halogens is 4. The number of rotatable bonds is 6. The number of benzene rings is 2. The summed E-state index contributed by atoms with van der Waals surface area (Å²) in [5.41, 5.74) is 4.31. The van der Waals surface area contributed by atoms with Crippen LogP contribution in [0.3, 0.4) is 0 Å². The van der Waals surface area contributed by atoms with Crippen LogP contribution in [-0.4, -0.2) is 29.6 Å². The van der Waals surface area contributed by atoms with E-state index in [1.807, 2.05) is 0 Å². The Kier molecular flexibility index (Phi) is 6.74. The molecule has 1 aliphatic carbocycles. The summed E-state index contributed by atoms with van der Waals surface area (Å²) < 4.78 is 69.9. The van der Waals surface area contributed by atoms with E-state index in [1.165, 1.54) is 30.3 Å². The Bertz CT molecular complexity index is 1270. The van der Waals surface area contributed by atoms with E-state index in [-0.39, 0.29) is 44.7 Å². The number of anilines is 3. The molecule has 0 unspecified atom stereocenters. The molecule has 34 heavy (non-hydrogen) atoms. The molecule has 0 bridgehead atoms. The third-order valence-electron chi connectivity index (χ3n) is 5.53. The van der Waals surface area contributed by atoms with Crippen LogP contribution in [0, 0.1) is 0 Å². The lowest BCUT2D eigenvalue weighted by molar-refractivity contribution is -0.137. The third kappa shape index (κ3) is 5.45. The number of sulfonamides is 1. The van der Waals surface area contributed by atoms with Gasteiger partial charge in [0, 0.05) is 17.3 Å². The zero-order valence-corrected chi connectivity index (χ0v) is 19.4. The molecule has 0 saturated heterocycles. The maximum absolute atomic E-state index is 13.9. The summed E-state index contributed by atoms with van der Waals surface area (Å²) in [5.74, 6) is -0.0243. The second-order valence-corrected chi connectivity index (χ2v) is 10.1. The fourth-order valence-corrected chi connectivity index (χ4v) is 5.60. The third-order valence-corrected chi connectivity index (χ3v) is 7.37. The lowest BCUT2D eigenvalue weighted by atomic mass is 9.96. The first kappa shape index (κ1) is 24.3. The number of H-pyrrole nitrogens is 1. The van der Waals surface area contributed by atoms with Crippen molar-refractivity contribution in [2.45, 2.75) is 49.2 Å². The average molecular weight is 515 g/mol. The molecule has 1 aliphatic rings. The number of aromatic nitrogens is 3. The van der Waals surface area contributed by atoms with Gasteiger partial charge in [-0.15, -0.1) is 5.10 Å². The SMILES string of the molecule is Nc1nc(Nc2cc(Cl)c(-c3ccc(S(=O)(=O)NC4CCCCC4)cc3)c(C(F)(F)F)c2)n[nH]1. The number of nitrogens with zero attached hydrogens (tertiary/aromatic N) is 2. The molecule has 3 aromatic rings. The van der Waals surface area contributed by atoms with Gasteiger partial charge in [-0.1, -0.05) is 43.0 Å². The van der Waals surface area contributed by atoms with Crippen molar-refractivity contribution in [1.82, 2.24) is 19.9 Å². The topological polar surface area (TPSA) is 126 Å². The van der Waals surface area contributed by atoms with Gasteiger partial charge in [-0.3, -0.25) is 0 Å². The van der Waals surface area contributed by atoms with Crippen LogP contribution < -0.4 is 15.8 Å². The highest BCUT2D eigenvalue weighted by atomic mass is 35.5. The van der Waals surface area contributed by atoms with Gasteiger partial charge >= 0.3 is 6.18 Å². The van der Waals surface area contributed by atoms with Crippen LogP contribution in [0.1, 0.15) is 37.7 Å². The highest BCUT2D eigenvalue weighted by molar-refractivity contribution is 7.89. The van der Waals surface area contributed by atoms with E-state index >= 15 is 0 Å². The van der Waals surface area contributed by atoms with Gasteiger partial charge in [-0.05, 0) is 42.7 Å². The van der Waals surface area contributed by atoms with Crippen LogP contribution >= 0.6 is 11.6 Å². The van der Waals surface area contributed by atoms with E-state index in [1.54, 1.807) is 0 Å². The second kappa shape index (κ2) is 9.43. The molecule has 1 aromatic heterocycles. The fraction of sp³-hybridized carbons (Fsp3) is 0.333. The van der Waals surface area contributed by atoms with Crippen LogP contribution in [0.5, 0.6) is 0 Å². The summed E-state index contributed by atoms with van der Waals surface area (Å²) in [6.07, 6.45) is -0.207. The molecule has 0 spiro atoms. The monoisotopic (exact) mass is 514 g/mol. The zero-order chi connectivity index (χ0) is 24.5. The van der Waals surface area contributed by atoms with Crippen molar-refractivity contribution in [3.8, 4) is 11.1 Å². The van der Waals surface area contributed by atoms with E-state index < -0.39 is 21.8 Å². The molecule has 2 aromatic carbocycles. The highest BCUT2D eigenvalue weighted by Gasteiger charge is 2.35. The molecule has 0 radical (unpaired) electrons. The van der Waals surface area contributed by atoms with Crippen LogP contribution in [0.25, 0.3) is 11.1 Å². The Morgan fingerprint density at radius 3 is 2.35 bits per heavy atom. The van der Waals surface area contributed by atoms with Crippen molar-refractivity contribution in [3.63, 3.8) is 0 Å². The van der Waals surface area contributed by atoms with Gasteiger partial charge in [0.05, 0.1) is 15.5 Å². The second-order valence-electron chi connectivity index (χ2n) is 8.03. The molecule has 1 fully saturated rings. The maximum Gasteiger partial charge on any atom is 0.417 e. The lowest BCUT2D eigenvalue weighted by Gasteiger charge is -2.22. The van der Waals surface area contributed by atoms with Crippen LogP contribution in [-0.2, 0) is 16.2 Å². The van der Waals surface area contributed by atoms with Gasteiger partial charge < -0.3 is 11.1 Å². The Balaban J connectivity index is 1.65. The molecule has 1 heterocycles. The normalized spacial score (nSPS) is 15.4. The average Bonchev–Trinajstić information content (AvgIpc) is 3.18. The molecule has 4 rings (SSSR count). The molecule has 1 saturated carbocycles. The van der Waals surface area contributed by atoms with Crippen LogP contribution in [0.4, 0.5) is 30.8 Å². The van der Waals surface area contributed by atoms with Gasteiger partial charge in [0.2, 0.25) is 21.9 Å². The van der Waals surface area contributed by atoms with E-state index in [0.717, 1.165) is 38.2 Å². The van der Waals surface area contributed by atoms with Crippen molar-refractivity contribution in [2.75, 3.05) is 11.1 Å². The highest BCUT2D eigenvalue weighted by Crippen LogP contribution is 2.43. The summed E-state index contributed by atoms with van der Waals surface area (Å²) in [7, 11) is -3.79. The number of aromatic amines is 1. The Morgan fingerprint density at radius 2 is 1.76 bits per heavy atom. The maximum atomic E-state index is 13.9. The van der Waals surface area contributed by atoms with Crippen molar-refractivity contribution >= 4 is 39.2 Å². The predicted molar refractivity (Wildman–Crippen MR) is 123 cm³/mol. The lowest BCUT2D eigenvalue weighted by Crippen LogP contribution is -2.36. The first-order valence-corrected chi connectivity index (χ1v) is 12.4. The van der Waals surface area contributed by atoms with Crippen molar-refractivity contribution < 1.29 is 21.6 Å². The first-order chi connectivity index (χ1) is 16.0. The van der Waals surface area contributed by atoms with Crippen LogP contribution in [0.15, 0.2) is 41.3 Å². The van der Waals surface area contributed by atoms with Crippen molar-refractivity contribution in [3.05, 3.63) is 47.0 Å². The van der Waals surface area contributed by atoms with Gasteiger partial charge in [0.15, 0.2) is 0 Å². The van der Waals surface area contributed by atoms with Crippen molar-refractivity contribution in [1.29, 1.82) is 0 Å². The Morgan fingerprint density at radius 1 is 1.09 bits per heavy atom. The van der Waals surface area contributed by atoms with Crippen LogP contribution in [0.2, 0.25) is 5.02 Å². The molecule has 5 N–H and O–H groups in total. The molecular weight excluding hydrogens is 493 g/mol. The number of nitrogens with one attached hydrogen (secondary N) is 3. The molecule has 182 valence electrons. The molecule has 0 amide bonds. The molecule has 8 nitrogen and oxygen atoms in total. The summed E-state index contributed by atoms with van der Waals surface area (Å²) in [6, 6.07) is 7.23. The Labute approximate surface area is 199 Å². The minimum atomic E-state index is -4.73. The van der Waals surface area contributed by atoms with E-state index in [0.29, 0.717) is 0 Å².